The van der Waals surface area contributed by atoms with Crippen LogP contribution in [0.2, 0.25) is 0 Å². The second-order valence-corrected chi connectivity index (χ2v) is 8.41. The fourth-order valence-electron chi connectivity index (χ4n) is 3.42. The zero-order chi connectivity index (χ0) is 21.6. The van der Waals surface area contributed by atoms with Crippen molar-refractivity contribution in [2.24, 2.45) is 0 Å². The van der Waals surface area contributed by atoms with E-state index in [1.165, 1.54) is 0 Å². The quantitative estimate of drug-likeness (QED) is 0.563. The Morgan fingerprint density at radius 2 is 1.97 bits per heavy atom. The minimum absolute atomic E-state index is 0.0980. The number of hydrogen-bond acceptors (Lipinski definition) is 7. The Hall–Kier alpha value is -2.84. The first-order chi connectivity index (χ1) is 15.1. The number of anilines is 1. The molecule has 3 aromatic rings. The van der Waals surface area contributed by atoms with E-state index in [1.54, 1.807) is 11.8 Å². The fourth-order valence-corrected chi connectivity index (χ4v) is 4.62. The van der Waals surface area contributed by atoms with Gasteiger partial charge in [0, 0.05) is 42.0 Å². The molecule has 2 aromatic heterocycles. The van der Waals surface area contributed by atoms with Gasteiger partial charge >= 0.3 is 0 Å². The summed E-state index contributed by atoms with van der Waals surface area (Å²) < 4.78 is 10.6. The zero-order valence-electron chi connectivity index (χ0n) is 17.8. The molecule has 162 valence electrons. The topological polar surface area (TPSA) is 80.5 Å². The molecule has 1 N–H and O–H groups in total. The molecule has 1 fully saturated rings. The van der Waals surface area contributed by atoms with E-state index in [0.717, 1.165) is 59.6 Å². The molecule has 3 heterocycles. The van der Waals surface area contributed by atoms with Gasteiger partial charge in [0.05, 0.1) is 24.5 Å². The number of rotatable bonds is 7. The Balaban J connectivity index is 1.36. The SMILES string of the molecule is Cc1noc(C)c1CSc1ccccc1C(=O)NCc1ccc(N2CCOCC2)nc1. The van der Waals surface area contributed by atoms with Gasteiger partial charge < -0.3 is 19.5 Å². The zero-order valence-corrected chi connectivity index (χ0v) is 18.6. The van der Waals surface area contributed by atoms with Crippen molar-refractivity contribution in [2.45, 2.75) is 31.0 Å². The summed E-state index contributed by atoms with van der Waals surface area (Å²) in [5.74, 6) is 2.37. The van der Waals surface area contributed by atoms with Crippen LogP contribution >= 0.6 is 11.8 Å². The normalized spacial score (nSPS) is 13.9. The summed E-state index contributed by atoms with van der Waals surface area (Å²) in [6.45, 7) is 7.44. The van der Waals surface area contributed by atoms with E-state index >= 15 is 0 Å². The third kappa shape index (κ3) is 5.26. The maximum atomic E-state index is 12.9. The van der Waals surface area contributed by atoms with E-state index in [9.17, 15) is 4.79 Å². The molecule has 8 heteroatoms. The number of hydrogen-bond donors (Lipinski definition) is 1. The van der Waals surface area contributed by atoms with Gasteiger partial charge in [-0.2, -0.15) is 0 Å². The molecule has 1 amide bonds. The molecular weight excluding hydrogens is 412 g/mol. The lowest BCUT2D eigenvalue weighted by Gasteiger charge is -2.27. The first-order valence-corrected chi connectivity index (χ1v) is 11.3. The molecule has 0 spiro atoms. The molecule has 0 atom stereocenters. The lowest BCUT2D eigenvalue weighted by molar-refractivity contribution is 0.0948. The molecule has 31 heavy (non-hydrogen) atoms. The molecule has 7 nitrogen and oxygen atoms in total. The van der Waals surface area contributed by atoms with Crippen LogP contribution in [0.1, 0.15) is 32.9 Å². The van der Waals surface area contributed by atoms with Gasteiger partial charge in [-0.3, -0.25) is 4.79 Å². The second kappa shape index (κ2) is 9.98. The molecule has 1 aromatic carbocycles. The van der Waals surface area contributed by atoms with Gasteiger partial charge in [0.1, 0.15) is 11.6 Å². The highest BCUT2D eigenvalue weighted by Gasteiger charge is 2.15. The highest BCUT2D eigenvalue weighted by Crippen LogP contribution is 2.28. The molecule has 0 radical (unpaired) electrons. The van der Waals surface area contributed by atoms with E-state index < -0.39 is 0 Å². The summed E-state index contributed by atoms with van der Waals surface area (Å²) in [7, 11) is 0. The van der Waals surface area contributed by atoms with Gasteiger partial charge in [-0.1, -0.05) is 23.4 Å². The first-order valence-electron chi connectivity index (χ1n) is 10.3. The minimum atomic E-state index is -0.0980. The van der Waals surface area contributed by atoms with Gasteiger partial charge in [0.15, 0.2) is 0 Å². The molecule has 4 rings (SSSR count). The average Bonchev–Trinajstić information content (AvgIpc) is 3.14. The van der Waals surface area contributed by atoms with Crippen LogP contribution in [-0.2, 0) is 17.0 Å². The number of aryl methyl sites for hydroxylation is 2. The summed E-state index contributed by atoms with van der Waals surface area (Å²) in [6, 6.07) is 11.7. The van der Waals surface area contributed by atoms with E-state index in [0.29, 0.717) is 17.9 Å². The number of morpholine rings is 1. The Labute approximate surface area is 186 Å². The predicted molar refractivity (Wildman–Crippen MR) is 120 cm³/mol. The van der Waals surface area contributed by atoms with Crippen LogP contribution in [0.4, 0.5) is 5.82 Å². The number of carbonyl (C=O) groups excluding carboxylic acids is 1. The molecule has 1 aliphatic rings. The van der Waals surface area contributed by atoms with Crippen LogP contribution in [-0.4, -0.2) is 42.4 Å². The Kier molecular flexibility index (Phi) is 6.89. The van der Waals surface area contributed by atoms with Crippen molar-refractivity contribution < 1.29 is 14.1 Å². The standard InChI is InChI=1S/C23H26N4O3S/c1-16-20(17(2)30-26-16)15-31-21-6-4-3-5-19(21)23(28)25-14-18-7-8-22(24-13-18)27-9-11-29-12-10-27/h3-8,13H,9-12,14-15H2,1-2H3,(H,25,28). The Morgan fingerprint density at radius 1 is 1.16 bits per heavy atom. The van der Waals surface area contributed by atoms with E-state index in [1.807, 2.05) is 56.4 Å². The molecular formula is C23H26N4O3S. The van der Waals surface area contributed by atoms with E-state index in [2.05, 4.69) is 20.4 Å². The van der Waals surface area contributed by atoms with Crippen LogP contribution in [0, 0.1) is 13.8 Å². The number of amides is 1. The summed E-state index contributed by atoms with van der Waals surface area (Å²) in [5, 5.41) is 7.02. The molecule has 0 unspecified atom stereocenters. The highest BCUT2D eigenvalue weighted by molar-refractivity contribution is 7.98. The number of nitrogens with one attached hydrogen (secondary N) is 1. The third-order valence-electron chi connectivity index (χ3n) is 5.28. The maximum Gasteiger partial charge on any atom is 0.252 e. The summed E-state index contributed by atoms with van der Waals surface area (Å²) in [5.41, 5.74) is 3.59. The van der Waals surface area contributed by atoms with Crippen LogP contribution in [0.5, 0.6) is 0 Å². The summed E-state index contributed by atoms with van der Waals surface area (Å²) >= 11 is 1.61. The number of thioether (sulfide) groups is 1. The number of nitrogens with zero attached hydrogens (tertiary/aromatic N) is 3. The predicted octanol–water partition coefficient (Wildman–Crippen LogP) is 3.75. The van der Waals surface area contributed by atoms with Crippen molar-refractivity contribution in [1.29, 1.82) is 0 Å². The highest BCUT2D eigenvalue weighted by atomic mass is 32.2. The van der Waals surface area contributed by atoms with Gasteiger partial charge in [0.2, 0.25) is 0 Å². The molecule has 1 aliphatic heterocycles. The second-order valence-electron chi connectivity index (χ2n) is 7.39. The van der Waals surface area contributed by atoms with Crippen molar-refractivity contribution in [1.82, 2.24) is 15.5 Å². The van der Waals surface area contributed by atoms with Crippen molar-refractivity contribution in [3.8, 4) is 0 Å². The molecule has 0 saturated carbocycles. The monoisotopic (exact) mass is 438 g/mol. The smallest absolute Gasteiger partial charge is 0.252 e. The minimum Gasteiger partial charge on any atom is -0.378 e. The van der Waals surface area contributed by atoms with Crippen LogP contribution in [0.15, 0.2) is 52.0 Å². The lowest BCUT2D eigenvalue weighted by atomic mass is 10.2. The molecule has 0 bridgehead atoms. The van der Waals surface area contributed by atoms with Crippen molar-refractivity contribution in [3.63, 3.8) is 0 Å². The van der Waals surface area contributed by atoms with Gasteiger partial charge in [0.25, 0.3) is 5.91 Å². The Bertz CT molecular complexity index is 1010. The maximum absolute atomic E-state index is 12.9. The van der Waals surface area contributed by atoms with Crippen molar-refractivity contribution in [2.75, 3.05) is 31.2 Å². The number of pyridine rings is 1. The van der Waals surface area contributed by atoms with Crippen LogP contribution in [0.25, 0.3) is 0 Å². The third-order valence-corrected chi connectivity index (χ3v) is 6.38. The fraction of sp³-hybridized carbons (Fsp3) is 0.348. The first kappa shape index (κ1) is 21.4. The average molecular weight is 439 g/mol. The summed E-state index contributed by atoms with van der Waals surface area (Å²) in [6.07, 6.45) is 1.82. The van der Waals surface area contributed by atoms with Crippen LogP contribution in [0.3, 0.4) is 0 Å². The molecule has 1 saturated heterocycles. The summed E-state index contributed by atoms with van der Waals surface area (Å²) in [4.78, 5) is 20.5. The number of carbonyl (C=O) groups is 1. The number of ether oxygens (including phenoxy) is 1. The van der Waals surface area contributed by atoms with Crippen LogP contribution < -0.4 is 10.2 Å². The van der Waals surface area contributed by atoms with Gasteiger partial charge in [-0.05, 0) is 37.6 Å². The lowest BCUT2D eigenvalue weighted by Crippen LogP contribution is -2.36. The largest absolute Gasteiger partial charge is 0.378 e. The van der Waals surface area contributed by atoms with Gasteiger partial charge in [-0.15, -0.1) is 11.8 Å². The number of aromatic nitrogens is 2. The van der Waals surface area contributed by atoms with E-state index in [-0.39, 0.29) is 5.91 Å². The van der Waals surface area contributed by atoms with Gasteiger partial charge in [-0.25, -0.2) is 4.98 Å². The number of benzene rings is 1. The van der Waals surface area contributed by atoms with Crippen molar-refractivity contribution >= 4 is 23.5 Å². The molecule has 0 aliphatic carbocycles. The van der Waals surface area contributed by atoms with E-state index in [4.69, 9.17) is 9.26 Å². The van der Waals surface area contributed by atoms with Crippen molar-refractivity contribution in [3.05, 3.63) is 70.7 Å². The Morgan fingerprint density at radius 3 is 2.68 bits per heavy atom.